The quantitative estimate of drug-likeness (QED) is 0.671. The van der Waals surface area contributed by atoms with Gasteiger partial charge in [-0.25, -0.2) is 9.50 Å². The third-order valence-electron chi connectivity index (χ3n) is 2.73. The first-order valence-electron chi connectivity index (χ1n) is 5.62. The van der Waals surface area contributed by atoms with Crippen LogP contribution >= 0.6 is 0 Å². The molecule has 0 aromatic carbocycles. The van der Waals surface area contributed by atoms with Crippen LogP contribution in [-0.2, 0) is 6.42 Å². The van der Waals surface area contributed by atoms with Gasteiger partial charge in [0.05, 0.1) is 11.4 Å². The number of hydrogen-bond acceptors (Lipinski definition) is 3. The molecule has 3 aromatic heterocycles. The molecule has 0 saturated carbocycles. The first-order chi connectivity index (χ1) is 8.38. The van der Waals surface area contributed by atoms with Crippen LogP contribution in [-0.4, -0.2) is 19.6 Å². The smallest absolute Gasteiger partial charge is 0.155 e. The molecule has 3 aromatic rings. The Labute approximate surface area is 99.0 Å². The lowest BCUT2D eigenvalue weighted by Crippen LogP contribution is -1.96. The van der Waals surface area contributed by atoms with E-state index in [2.05, 4.69) is 22.0 Å². The first-order valence-corrected chi connectivity index (χ1v) is 5.62. The molecule has 3 rings (SSSR count). The zero-order chi connectivity index (χ0) is 11.7. The minimum absolute atomic E-state index is 0.878. The van der Waals surface area contributed by atoms with E-state index in [1.807, 2.05) is 35.0 Å². The lowest BCUT2D eigenvalue weighted by Gasteiger charge is -2.03. The van der Waals surface area contributed by atoms with Crippen molar-refractivity contribution in [3.63, 3.8) is 0 Å². The predicted molar refractivity (Wildman–Crippen MR) is 65.6 cm³/mol. The zero-order valence-corrected chi connectivity index (χ0v) is 9.54. The normalized spacial score (nSPS) is 10.9. The van der Waals surface area contributed by atoms with Crippen molar-refractivity contribution >= 4 is 5.65 Å². The molecule has 17 heavy (non-hydrogen) atoms. The van der Waals surface area contributed by atoms with E-state index in [0.717, 1.165) is 29.0 Å². The summed E-state index contributed by atoms with van der Waals surface area (Å²) in [5.74, 6) is 0. The number of fused-ring (bicyclic) bond motifs is 1. The second-order valence-electron chi connectivity index (χ2n) is 3.83. The van der Waals surface area contributed by atoms with Crippen molar-refractivity contribution in [3.05, 3.63) is 48.5 Å². The summed E-state index contributed by atoms with van der Waals surface area (Å²) in [5.41, 5.74) is 3.99. The number of pyridine rings is 1. The minimum Gasteiger partial charge on any atom is -0.264 e. The van der Waals surface area contributed by atoms with E-state index in [0.29, 0.717) is 0 Å². The average molecular weight is 224 g/mol. The zero-order valence-electron chi connectivity index (χ0n) is 9.54. The summed E-state index contributed by atoms with van der Waals surface area (Å²) < 4.78 is 1.87. The molecule has 3 heterocycles. The van der Waals surface area contributed by atoms with E-state index in [1.165, 1.54) is 0 Å². The Morgan fingerprint density at radius 3 is 2.94 bits per heavy atom. The highest BCUT2D eigenvalue weighted by atomic mass is 15.3. The van der Waals surface area contributed by atoms with Crippen molar-refractivity contribution < 1.29 is 0 Å². The third kappa shape index (κ3) is 1.67. The SMILES string of the molecule is CCc1cc2nccc(-c3cccnc3)n2n1. The molecule has 0 spiro atoms. The van der Waals surface area contributed by atoms with Gasteiger partial charge in [0, 0.05) is 30.2 Å². The lowest BCUT2D eigenvalue weighted by atomic mass is 10.2. The van der Waals surface area contributed by atoms with Crippen LogP contribution in [0.3, 0.4) is 0 Å². The van der Waals surface area contributed by atoms with Gasteiger partial charge in [-0.1, -0.05) is 6.92 Å². The Balaban J connectivity index is 2.26. The number of hydrogen-bond donors (Lipinski definition) is 0. The number of rotatable bonds is 2. The summed E-state index contributed by atoms with van der Waals surface area (Å²) in [7, 11) is 0. The topological polar surface area (TPSA) is 43.1 Å². The van der Waals surface area contributed by atoms with Crippen LogP contribution in [0.4, 0.5) is 0 Å². The van der Waals surface area contributed by atoms with Gasteiger partial charge in [-0.05, 0) is 24.6 Å². The molecule has 0 radical (unpaired) electrons. The average Bonchev–Trinajstić information content (AvgIpc) is 2.82. The number of aryl methyl sites for hydroxylation is 1. The molecule has 0 aliphatic carbocycles. The van der Waals surface area contributed by atoms with Gasteiger partial charge in [-0.2, -0.15) is 5.10 Å². The maximum atomic E-state index is 4.53. The number of nitrogens with zero attached hydrogens (tertiary/aromatic N) is 4. The fourth-order valence-electron chi connectivity index (χ4n) is 1.85. The van der Waals surface area contributed by atoms with Gasteiger partial charge in [0.15, 0.2) is 5.65 Å². The van der Waals surface area contributed by atoms with Crippen molar-refractivity contribution in [2.75, 3.05) is 0 Å². The molecule has 0 unspecified atom stereocenters. The Morgan fingerprint density at radius 2 is 2.18 bits per heavy atom. The molecule has 0 fully saturated rings. The molecule has 0 N–H and O–H groups in total. The van der Waals surface area contributed by atoms with Crippen molar-refractivity contribution in [2.45, 2.75) is 13.3 Å². The van der Waals surface area contributed by atoms with Crippen LogP contribution in [0.25, 0.3) is 16.9 Å². The van der Waals surface area contributed by atoms with Crippen molar-refractivity contribution in [1.82, 2.24) is 19.6 Å². The van der Waals surface area contributed by atoms with Gasteiger partial charge in [0.25, 0.3) is 0 Å². The minimum atomic E-state index is 0.878. The molecule has 0 atom stereocenters. The van der Waals surface area contributed by atoms with E-state index in [1.54, 1.807) is 12.4 Å². The van der Waals surface area contributed by atoms with Crippen LogP contribution in [0.5, 0.6) is 0 Å². The predicted octanol–water partition coefficient (Wildman–Crippen LogP) is 2.35. The molecular weight excluding hydrogens is 212 g/mol. The van der Waals surface area contributed by atoms with Crippen molar-refractivity contribution in [1.29, 1.82) is 0 Å². The Kier molecular flexibility index (Phi) is 2.33. The van der Waals surface area contributed by atoms with Crippen LogP contribution in [0.15, 0.2) is 42.9 Å². The summed E-state index contributed by atoms with van der Waals surface area (Å²) in [6.45, 7) is 2.09. The maximum absolute atomic E-state index is 4.53. The van der Waals surface area contributed by atoms with E-state index in [4.69, 9.17) is 0 Å². The van der Waals surface area contributed by atoms with E-state index < -0.39 is 0 Å². The lowest BCUT2D eigenvalue weighted by molar-refractivity contribution is 0.893. The summed E-state index contributed by atoms with van der Waals surface area (Å²) in [6, 6.07) is 7.91. The Morgan fingerprint density at radius 1 is 1.24 bits per heavy atom. The van der Waals surface area contributed by atoms with Gasteiger partial charge >= 0.3 is 0 Å². The Hall–Kier alpha value is -2.23. The fourth-order valence-corrected chi connectivity index (χ4v) is 1.85. The Bertz CT molecular complexity index is 643. The summed E-state index contributed by atoms with van der Waals surface area (Å²) in [4.78, 5) is 8.45. The van der Waals surface area contributed by atoms with Gasteiger partial charge < -0.3 is 0 Å². The molecule has 84 valence electrons. The number of aromatic nitrogens is 4. The summed E-state index contributed by atoms with van der Waals surface area (Å²) in [5, 5.41) is 4.53. The molecular formula is C13H12N4. The molecule has 0 saturated heterocycles. The highest BCUT2D eigenvalue weighted by Gasteiger charge is 2.06. The van der Waals surface area contributed by atoms with Gasteiger partial charge in [0.1, 0.15) is 0 Å². The third-order valence-corrected chi connectivity index (χ3v) is 2.73. The van der Waals surface area contributed by atoms with Gasteiger partial charge in [-0.3, -0.25) is 4.98 Å². The van der Waals surface area contributed by atoms with E-state index in [9.17, 15) is 0 Å². The van der Waals surface area contributed by atoms with E-state index in [-0.39, 0.29) is 0 Å². The van der Waals surface area contributed by atoms with Gasteiger partial charge in [0.2, 0.25) is 0 Å². The monoisotopic (exact) mass is 224 g/mol. The largest absolute Gasteiger partial charge is 0.264 e. The summed E-state index contributed by atoms with van der Waals surface area (Å²) in [6.07, 6.45) is 6.32. The van der Waals surface area contributed by atoms with Crippen LogP contribution < -0.4 is 0 Å². The van der Waals surface area contributed by atoms with Crippen LogP contribution in [0, 0.1) is 0 Å². The van der Waals surface area contributed by atoms with Gasteiger partial charge in [-0.15, -0.1) is 0 Å². The highest BCUT2D eigenvalue weighted by Crippen LogP contribution is 2.18. The van der Waals surface area contributed by atoms with E-state index >= 15 is 0 Å². The van der Waals surface area contributed by atoms with Crippen molar-refractivity contribution in [2.24, 2.45) is 0 Å². The second kappa shape index (κ2) is 3.97. The van der Waals surface area contributed by atoms with Crippen LogP contribution in [0.1, 0.15) is 12.6 Å². The maximum Gasteiger partial charge on any atom is 0.155 e. The highest BCUT2D eigenvalue weighted by molar-refractivity contribution is 5.61. The molecule has 4 heteroatoms. The molecule has 0 amide bonds. The molecule has 0 aliphatic heterocycles. The standard InChI is InChI=1S/C13H12N4/c1-2-11-8-13-15-7-5-12(17(13)16-11)10-4-3-6-14-9-10/h3-9H,2H2,1H3. The second-order valence-corrected chi connectivity index (χ2v) is 3.83. The van der Waals surface area contributed by atoms with Crippen LogP contribution in [0.2, 0.25) is 0 Å². The molecule has 0 bridgehead atoms. The molecule has 4 nitrogen and oxygen atoms in total. The van der Waals surface area contributed by atoms with Crippen molar-refractivity contribution in [3.8, 4) is 11.3 Å². The molecule has 0 aliphatic rings. The fraction of sp³-hybridized carbons (Fsp3) is 0.154. The first kappa shape index (κ1) is 9.96. The summed E-state index contributed by atoms with van der Waals surface area (Å²) >= 11 is 0.